The van der Waals surface area contributed by atoms with Crippen LogP contribution in [0.15, 0.2) is 54.6 Å². The summed E-state index contributed by atoms with van der Waals surface area (Å²) in [6, 6.07) is 14.7. The molecule has 1 atom stereocenters. The zero-order valence-electron chi connectivity index (χ0n) is 23.8. The molecule has 0 saturated carbocycles. The highest BCUT2D eigenvalue weighted by molar-refractivity contribution is 7.92. The second kappa shape index (κ2) is 12.7. The van der Waals surface area contributed by atoms with Gasteiger partial charge in [-0.15, -0.1) is 0 Å². The Labute approximate surface area is 272 Å². The molecule has 12 heteroatoms. The minimum atomic E-state index is -3.49. The number of likely N-dealkylation sites (N-methyl/N-ethyl adjacent to an activating group) is 1. The quantitative estimate of drug-likeness (QED) is 0.246. The Hall–Kier alpha value is -2.07. The fraction of sp³-hybridized carbons (Fsp3) is 0.387. The number of rotatable bonds is 8. The van der Waals surface area contributed by atoms with Crippen LogP contribution in [-0.2, 0) is 15.4 Å². The molecule has 2 heterocycles. The summed E-state index contributed by atoms with van der Waals surface area (Å²) in [6.07, 6.45) is 3.35. The van der Waals surface area contributed by atoms with Crippen LogP contribution >= 0.6 is 46.4 Å². The van der Waals surface area contributed by atoms with Crippen molar-refractivity contribution >= 4 is 68.0 Å². The van der Waals surface area contributed by atoms with Crippen molar-refractivity contribution in [2.75, 3.05) is 50.3 Å². The number of halogens is 5. The molecule has 1 spiro atoms. The van der Waals surface area contributed by atoms with Crippen molar-refractivity contribution in [1.29, 1.82) is 0 Å². The molecule has 3 aromatic rings. The van der Waals surface area contributed by atoms with Crippen molar-refractivity contribution in [2.45, 2.75) is 30.6 Å². The predicted octanol–water partition coefficient (Wildman–Crippen LogP) is 7.50. The lowest BCUT2D eigenvalue weighted by Gasteiger charge is -2.40. The van der Waals surface area contributed by atoms with E-state index in [-0.39, 0.29) is 17.6 Å². The molecule has 2 aliphatic rings. The van der Waals surface area contributed by atoms with Crippen LogP contribution in [-0.4, -0.2) is 70.2 Å². The third-order valence-corrected chi connectivity index (χ3v) is 10.9. The lowest BCUT2D eigenvalue weighted by Crippen LogP contribution is -2.46. The molecule has 0 N–H and O–H groups in total. The molecule has 0 radical (unpaired) electrons. The molecule has 0 bridgehead atoms. The maximum absolute atomic E-state index is 14.3. The summed E-state index contributed by atoms with van der Waals surface area (Å²) in [5.74, 6) is -0.604. The van der Waals surface area contributed by atoms with Gasteiger partial charge in [-0.2, -0.15) is 0 Å². The van der Waals surface area contributed by atoms with E-state index in [1.165, 1.54) is 22.7 Å². The Bertz CT molecular complexity index is 1630. The standard InChI is InChI=1S/C31H32Cl4FN3O3S/c1-37(30(40)22-13-23(32)16-24(33)14-22)18-21(20-3-5-27(34)28(35)15-20)7-10-38-11-8-31(9-12-38)19-39(43(2,41)42)29-6-4-25(36)17-26(29)31/h3-6,13-17,21H,7-12,18-19H2,1-2H3. The molecule has 230 valence electrons. The van der Waals surface area contributed by atoms with Gasteiger partial charge in [0.2, 0.25) is 10.0 Å². The summed E-state index contributed by atoms with van der Waals surface area (Å²) in [5, 5.41) is 1.68. The summed E-state index contributed by atoms with van der Waals surface area (Å²) in [5.41, 5.74) is 2.30. The Kier molecular flexibility index (Phi) is 9.58. The van der Waals surface area contributed by atoms with Crippen LogP contribution in [0.2, 0.25) is 20.1 Å². The molecular weight excluding hydrogens is 655 g/mol. The molecule has 1 unspecified atom stereocenters. The number of fused-ring (bicyclic) bond motifs is 2. The number of hydrogen-bond acceptors (Lipinski definition) is 4. The van der Waals surface area contributed by atoms with Crippen molar-refractivity contribution in [2.24, 2.45) is 0 Å². The zero-order chi connectivity index (χ0) is 31.1. The molecule has 5 rings (SSSR count). The van der Waals surface area contributed by atoms with Crippen molar-refractivity contribution < 1.29 is 17.6 Å². The minimum Gasteiger partial charge on any atom is -0.341 e. The number of piperidine rings is 1. The molecule has 0 aromatic heterocycles. The molecule has 2 aliphatic heterocycles. The zero-order valence-corrected chi connectivity index (χ0v) is 27.6. The van der Waals surface area contributed by atoms with Crippen LogP contribution in [0, 0.1) is 5.82 Å². The van der Waals surface area contributed by atoms with Crippen molar-refractivity contribution in [1.82, 2.24) is 9.80 Å². The number of anilines is 1. The molecule has 43 heavy (non-hydrogen) atoms. The number of likely N-dealkylation sites (tertiary alicyclic amines) is 1. The maximum atomic E-state index is 14.3. The molecule has 3 aromatic carbocycles. The fourth-order valence-corrected chi connectivity index (χ4v) is 8.13. The first kappa shape index (κ1) is 32.3. The Morgan fingerprint density at radius 2 is 1.65 bits per heavy atom. The van der Waals surface area contributed by atoms with E-state index in [1.54, 1.807) is 42.3 Å². The van der Waals surface area contributed by atoms with Gasteiger partial charge >= 0.3 is 0 Å². The molecule has 1 amide bonds. The molecule has 0 aliphatic carbocycles. The predicted molar refractivity (Wildman–Crippen MR) is 173 cm³/mol. The van der Waals surface area contributed by atoms with Gasteiger partial charge in [-0.25, -0.2) is 12.8 Å². The highest BCUT2D eigenvalue weighted by Gasteiger charge is 2.47. The van der Waals surface area contributed by atoms with Gasteiger partial charge in [0.1, 0.15) is 5.82 Å². The highest BCUT2D eigenvalue weighted by Crippen LogP contribution is 2.48. The smallest absolute Gasteiger partial charge is 0.253 e. The van der Waals surface area contributed by atoms with E-state index in [1.807, 2.05) is 12.1 Å². The van der Waals surface area contributed by atoms with Gasteiger partial charge < -0.3 is 9.80 Å². The van der Waals surface area contributed by atoms with Crippen molar-refractivity contribution in [3.05, 3.63) is 97.2 Å². The number of carbonyl (C=O) groups is 1. The lowest BCUT2D eigenvalue weighted by molar-refractivity contribution is 0.0780. The number of carbonyl (C=O) groups excluding carboxylic acids is 1. The molecular formula is C31H32Cl4FN3O3S. The van der Waals surface area contributed by atoms with E-state index in [2.05, 4.69) is 4.90 Å². The van der Waals surface area contributed by atoms with Crippen molar-refractivity contribution in [3.63, 3.8) is 0 Å². The summed E-state index contributed by atoms with van der Waals surface area (Å²) in [7, 11) is -1.74. The third kappa shape index (κ3) is 7.10. The first-order chi connectivity index (χ1) is 20.3. The van der Waals surface area contributed by atoms with Gasteiger partial charge in [0, 0.05) is 47.1 Å². The van der Waals surface area contributed by atoms with Gasteiger partial charge in [-0.1, -0.05) is 52.5 Å². The van der Waals surface area contributed by atoms with Crippen LogP contribution in [0.25, 0.3) is 0 Å². The lowest BCUT2D eigenvalue weighted by atomic mass is 9.74. The van der Waals surface area contributed by atoms with Crippen LogP contribution < -0.4 is 4.31 Å². The van der Waals surface area contributed by atoms with Crippen LogP contribution in [0.3, 0.4) is 0 Å². The Morgan fingerprint density at radius 1 is 0.977 bits per heavy atom. The SMILES string of the molecule is CN(CC(CCN1CCC2(CC1)CN(S(C)(=O)=O)c1ccc(F)cc12)c1ccc(Cl)c(Cl)c1)C(=O)c1cc(Cl)cc(Cl)c1. The van der Waals surface area contributed by atoms with E-state index in [9.17, 15) is 17.6 Å². The number of amides is 1. The Morgan fingerprint density at radius 3 is 2.28 bits per heavy atom. The minimum absolute atomic E-state index is 0.0451. The van der Waals surface area contributed by atoms with E-state index in [0.29, 0.717) is 57.3 Å². The summed E-state index contributed by atoms with van der Waals surface area (Å²) in [6.45, 7) is 2.96. The first-order valence-corrected chi connectivity index (χ1v) is 17.3. The van der Waals surface area contributed by atoms with E-state index in [4.69, 9.17) is 46.4 Å². The summed E-state index contributed by atoms with van der Waals surface area (Å²) in [4.78, 5) is 17.3. The maximum Gasteiger partial charge on any atom is 0.253 e. The van der Waals surface area contributed by atoms with E-state index < -0.39 is 15.4 Å². The Balaban J connectivity index is 1.30. The first-order valence-electron chi connectivity index (χ1n) is 13.9. The van der Waals surface area contributed by atoms with Crippen LogP contribution in [0.5, 0.6) is 0 Å². The number of sulfonamides is 1. The molecule has 1 fully saturated rings. The van der Waals surface area contributed by atoms with Gasteiger partial charge in [-0.3, -0.25) is 9.10 Å². The number of hydrogen-bond donors (Lipinski definition) is 0. The highest BCUT2D eigenvalue weighted by atomic mass is 35.5. The van der Waals surface area contributed by atoms with Gasteiger partial charge in [0.15, 0.2) is 0 Å². The van der Waals surface area contributed by atoms with Crippen molar-refractivity contribution in [3.8, 4) is 0 Å². The average Bonchev–Trinajstić information content (AvgIpc) is 3.26. The largest absolute Gasteiger partial charge is 0.341 e. The van der Waals surface area contributed by atoms with Gasteiger partial charge in [0.05, 0.1) is 22.0 Å². The van der Waals surface area contributed by atoms with Crippen LogP contribution in [0.4, 0.5) is 10.1 Å². The summed E-state index contributed by atoms with van der Waals surface area (Å²) < 4.78 is 40.8. The second-order valence-electron chi connectivity index (χ2n) is 11.6. The molecule has 1 saturated heterocycles. The average molecular weight is 687 g/mol. The normalized spacial score (nSPS) is 17.2. The monoisotopic (exact) mass is 685 g/mol. The van der Waals surface area contributed by atoms with E-state index in [0.717, 1.165) is 37.2 Å². The van der Waals surface area contributed by atoms with Gasteiger partial charge in [-0.05, 0) is 98.6 Å². The van der Waals surface area contributed by atoms with Crippen LogP contribution in [0.1, 0.15) is 46.7 Å². The van der Waals surface area contributed by atoms with E-state index >= 15 is 0 Å². The number of benzene rings is 3. The third-order valence-electron chi connectivity index (χ3n) is 8.62. The summed E-state index contributed by atoms with van der Waals surface area (Å²) >= 11 is 24.9. The van der Waals surface area contributed by atoms with Gasteiger partial charge in [0.25, 0.3) is 5.91 Å². The number of nitrogens with zero attached hydrogens (tertiary/aromatic N) is 3. The second-order valence-corrected chi connectivity index (χ2v) is 15.2. The topological polar surface area (TPSA) is 60.9 Å². The fourth-order valence-electron chi connectivity index (χ4n) is 6.30. The molecule has 6 nitrogen and oxygen atoms in total.